The summed E-state index contributed by atoms with van der Waals surface area (Å²) in [7, 11) is -3.80. The van der Waals surface area contributed by atoms with Crippen molar-refractivity contribution in [1.82, 2.24) is 9.55 Å². The lowest BCUT2D eigenvalue weighted by molar-refractivity contribution is 0.0697. The van der Waals surface area contributed by atoms with Crippen LogP contribution in [0.2, 0.25) is 0 Å². The number of rotatable bonds is 5. The largest absolute Gasteiger partial charge is 0.478 e. The molecule has 8 heteroatoms. The lowest BCUT2D eigenvalue weighted by Crippen LogP contribution is -2.29. The Balaban J connectivity index is 1.97. The standard InChI is InChI=1S/C16H19N3O4S/c1-11(2)8-18-9-15(17-10-18)24(22,23)19-6-5-12-3-4-13(16(20)21)7-14(12)19/h3-4,7,9-11H,5-6,8H2,1-2H3,(H,20,21). The van der Waals surface area contributed by atoms with Gasteiger partial charge in [-0.25, -0.2) is 9.78 Å². The Morgan fingerprint density at radius 2 is 2.12 bits per heavy atom. The van der Waals surface area contributed by atoms with E-state index >= 15 is 0 Å². The second-order valence-electron chi connectivity index (χ2n) is 6.28. The van der Waals surface area contributed by atoms with Crippen molar-refractivity contribution < 1.29 is 18.3 Å². The molecule has 2 aromatic rings. The smallest absolute Gasteiger partial charge is 0.335 e. The molecule has 0 unspecified atom stereocenters. The van der Waals surface area contributed by atoms with E-state index in [-0.39, 0.29) is 17.1 Å². The fraction of sp³-hybridized carbons (Fsp3) is 0.375. The number of carboxylic acids is 1. The van der Waals surface area contributed by atoms with Gasteiger partial charge in [-0.05, 0) is 30.0 Å². The van der Waals surface area contributed by atoms with Crippen molar-refractivity contribution in [3.8, 4) is 0 Å². The highest BCUT2D eigenvalue weighted by Gasteiger charge is 2.33. The molecule has 1 aliphatic heterocycles. The quantitative estimate of drug-likeness (QED) is 0.891. The number of aromatic carboxylic acids is 1. The lowest BCUT2D eigenvalue weighted by Gasteiger charge is -2.18. The highest BCUT2D eigenvalue weighted by Crippen LogP contribution is 2.33. The van der Waals surface area contributed by atoms with Crippen LogP contribution in [0.5, 0.6) is 0 Å². The molecule has 1 aromatic heterocycles. The summed E-state index contributed by atoms with van der Waals surface area (Å²) < 4.78 is 28.8. The molecule has 2 heterocycles. The maximum Gasteiger partial charge on any atom is 0.335 e. The maximum absolute atomic E-state index is 12.9. The van der Waals surface area contributed by atoms with Gasteiger partial charge in [0.2, 0.25) is 0 Å². The molecule has 0 fully saturated rings. The molecule has 0 aliphatic carbocycles. The van der Waals surface area contributed by atoms with Crippen LogP contribution in [0.3, 0.4) is 0 Å². The molecule has 24 heavy (non-hydrogen) atoms. The summed E-state index contributed by atoms with van der Waals surface area (Å²) in [5.41, 5.74) is 1.32. The summed E-state index contributed by atoms with van der Waals surface area (Å²) in [6, 6.07) is 4.58. The fourth-order valence-corrected chi connectivity index (χ4v) is 4.28. The highest BCUT2D eigenvalue weighted by molar-refractivity contribution is 7.92. The van der Waals surface area contributed by atoms with E-state index < -0.39 is 16.0 Å². The molecule has 1 N–H and O–H groups in total. The second kappa shape index (κ2) is 5.94. The third-order valence-electron chi connectivity index (χ3n) is 3.93. The average molecular weight is 349 g/mol. The van der Waals surface area contributed by atoms with Gasteiger partial charge in [0.05, 0.1) is 17.6 Å². The van der Waals surface area contributed by atoms with Gasteiger partial charge in [-0.1, -0.05) is 19.9 Å². The normalized spacial score (nSPS) is 14.2. The second-order valence-corrected chi connectivity index (χ2v) is 8.09. The van der Waals surface area contributed by atoms with E-state index in [1.807, 2.05) is 13.8 Å². The summed E-state index contributed by atoms with van der Waals surface area (Å²) in [5, 5.41) is 9.11. The average Bonchev–Trinajstić information content (AvgIpc) is 3.12. The molecule has 0 radical (unpaired) electrons. The third kappa shape index (κ3) is 2.89. The van der Waals surface area contributed by atoms with E-state index in [1.54, 1.807) is 10.6 Å². The van der Waals surface area contributed by atoms with Crippen molar-refractivity contribution >= 4 is 21.7 Å². The number of sulfonamides is 1. The molecule has 0 saturated carbocycles. The number of aromatic nitrogens is 2. The first-order valence-corrected chi connectivity index (χ1v) is 9.14. The van der Waals surface area contributed by atoms with Crippen LogP contribution < -0.4 is 4.31 Å². The Bertz CT molecular complexity index is 886. The Morgan fingerprint density at radius 3 is 2.79 bits per heavy atom. The van der Waals surface area contributed by atoms with Crippen LogP contribution in [0.15, 0.2) is 35.7 Å². The van der Waals surface area contributed by atoms with E-state index in [4.69, 9.17) is 5.11 Å². The van der Waals surface area contributed by atoms with Crippen molar-refractivity contribution in [2.24, 2.45) is 5.92 Å². The molecular formula is C16H19N3O4S. The van der Waals surface area contributed by atoms with E-state index in [9.17, 15) is 13.2 Å². The predicted molar refractivity (Wildman–Crippen MR) is 88.7 cm³/mol. The number of anilines is 1. The number of nitrogens with zero attached hydrogens (tertiary/aromatic N) is 3. The van der Waals surface area contributed by atoms with Crippen LogP contribution in [0.25, 0.3) is 0 Å². The van der Waals surface area contributed by atoms with Gasteiger partial charge in [0.1, 0.15) is 0 Å². The summed E-state index contributed by atoms with van der Waals surface area (Å²) in [6.07, 6.45) is 3.59. The number of imidazole rings is 1. The number of hydrogen-bond donors (Lipinski definition) is 1. The number of benzene rings is 1. The van der Waals surface area contributed by atoms with Gasteiger partial charge in [0.25, 0.3) is 10.0 Å². The van der Waals surface area contributed by atoms with Gasteiger partial charge in [0, 0.05) is 19.3 Å². The Morgan fingerprint density at radius 1 is 1.38 bits per heavy atom. The van der Waals surface area contributed by atoms with E-state index in [0.29, 0.717) is 24.6 Å². The topological polar surface area (TPSA) is 92.5 Å². The summed E-state index contributed by atoms with van der Waals surface area (Å²) in [5.74, 6) is -0.705. The van der Waals surface area contributed by atoms with Crippen molar-refractivity contribution in [2.75, 3.05) is 10.8 Å². The Kier molecular flexibility index (Phi) is 4.08. The molecule has 0 bridgehead atoms. The zero-order valence-corrected chi connectivity index (χ0v) is 14.3. The van der Waals surface area contributed by atoms with Crippen LogP contribution in [0, 0.1) is 5.92 Å². The van der Waals surface area contributed by atoms with Gasteiger partial charge in [-0.3, -0.25) is 4.31 Å². The molecule has 3 rings (SSSR count). The summed E-state index contributed by atoms with van der Waals surface area (Å²) in [6.45, 7) is 5.05. The molecule has 0 amide bonds. The SMILES string of the molecule is CC(C)Cn1cnc(S(=O)(=O)N2CCc3ccc(C(=O)O)cc32)c1. The van der Waals surface area contributed by atoms with Crippen molar-refractivity contribution in [3.63, 3.8) is 0 Å². The molecule has 1 aromatic carbocycles. The number of carbonyl (C=O) groups is 1. The van der Waals surface area contributed by atoms with Crippen LogP contribution in [-0.2, 0) is 23.0 Å². The zero-order valence-electron chi connectivity index (χ0n) is 13.5. The number of hydrogen-bond acceptors (Lipinski definition) is 4. The number of fused-ring (bicyclic) bond motifs is 1. The van der Waals surface area contributed by atoms with Crippen LogP contribution in [-0.4, -0.2) is 35.6 Å². The van der Waals surface area contributed by atoms with Crippen LogP contribution in [0.1, 0.15) is 29.8 Å². The molecule has 0 saturated heterocycles. The maximum atomic E-state index is 12.9. The van der Waals surface area contributed by atoms with Gasteiger partial charge < -0.3 is 9.67 Å². The predicted octanol–water partition coefficient (Wildman–Crippen LogP) is 1.99. The minimum absolute atomic E-state index is 0.0169. The summed E-state index contributed by atoms with van der Waals surface area (Å²) in [4.78, 5) is 15.2. The minimum atomic E-state index is -3.80. The molecule has 0 atom stereocenters. The monoisotopic (exact) mass is 349 g/mol. The highest BCUT2D eigenvalue weighted by atomic mass is 32.2. The van der Waals surface area contributed by atoms with Gasteiger partial charge in [-0.15, -0.1) is 0 Å². The van der Waals surface area contributed by atoms with E-state index in [0.717, 1.165) is 5.56 Å². The Labute approximate surface area is 140 Å². The third-order valence-corrected chi connectivity index (χ3v) is 5.62. The lowest BCUT2D eigenvalue weighted by atomic mass is 10.1. The van der Waals surface area contributed by atoms with Crippen LogP contribution >= 0.6 is 0 Å². The summed E-state index contributed by atoms with van der Waals surface area (Å²) >= 11 is 0. The van der Waals surface area contributed by atoms with Gasteiger partial charge in [-0.2, -0.15) is 8.42 Å². The number of carboxylic acid groups (broad SMARTS) is 1. The van der Waals surface area contributed by atoms with Gasteiger partial charge in [0.15, 0.2) is 5.03 Å². The van der Waals surface area contributed by atoms with Crippen molar-refractivity contribution in [2.45, 2.75) is 31.8 Å². The first-order valence-electron chi connectivity index (χ1n) is 7.70. The van der Waals surface area contributed by atoms with E-state index in [1.165, 1.54) is 29.0 Å². The molecule has 7 nitrogen and oxygen atoms in total. The van der Waals surface area contributed by atoms with Crippen molar-refractivity contribution in [3.05, 3.63) is 41.9 Å². The molecule has 0 spiro atoms. The zero-order chi connectivity index (χ0) is 17.5. The molecule has 1 aliphatic rings. The van der Waals surface area contributed by atoms with Crippen molar-refractivity contribution in [1.29, 1.82) is 0 Å². The molecular weight excluding hydrogens is 330 g/mol. The van der Waals surface area contributed by atoms with Crippen LogP contribution in [0.4, 0.5) is 5.69 Å². The fourth-order valence-electron chi connectivity index (χ4n) is 2.84. The first kappa shape index (κ1) is 16.5. The Hall–Kier alpha value is -2.35. The molecule has 128 valence electrons. The minimum Gasteiger partial charge on any atom is -0.478 e. The first-order chi connectivity index (χ1) is 11.3. The van der Waals surface area contributed by atoms with Gasteiger partial charge >= 0.3 is 5.97 Å². The van der Waals surface area contributed by atoms with E-state index in [2.05, 4.69) is 4.98 Å².